The Labute approximate surface area is 91.7 Å². The highest BCUT2D eigenvalue weighted by Crippen LogP contribution is 2.36. The minimum absolute atomic E-state index is 0.0866. The van der Waals surface area contributed by atoms with Gasteiger partial charge in [0.25, 0.3) is 0 Å². The van der Waals surface area contributed by atoms with Gasteiger partial charge in [-0.1, -0.05) is 31.6 Å². The van der Waals surface area contributed by atoms with Crippen LogP contribution in [0.3, 0.4) is 0 Å². The number of rotatable bonds is 2. The third-order valence-electron chi connectivity index (χ3n) is 2.68. The number of aliphatic hydroxyl groups excluding tert-OH is 1. The summed E-state index contributed by atoms with van der Waals surface area (Å²) in [5.74, 6) is 0.195. The summed E-state index contributed by atoms with van der Waals surface area (Å²) in [6.45, 7) is 7.91. The lowest BCUT2D eigenvalue weighted by atomic mass is 9.74. The lowest BCUT2D eigenvalue weighted by molar-refractivity contribution is -0.117. The molecular weight excluding hydrogens is 188 g/mol. The highest BCUT2D eigenvalue weighted by atomic mass is 16.3. The van der Waals surface area contributed by atoms with Crippen LogP contribution >= 0.6 is 0 Å². The molecule has 0 aliphatic heterocycles. The van der Waals surface area contributed by atoms with Crippen molar-refractivity contribution in [2.24, 2.45) is 5.41 Å². The van der Waals surface area contributed by atoms with Crippen molar-refractivity contribution >= 4 is 5.78 Å². The number of ketones is 1. The Balaban J connectivity index is 2.92. The number of hydrogen-bond acceptors (Lipinski definition) is 2. The van der Waals surface area contributed by atoms with Gasteiger partial charge in [-0.25, -0.2) is 0 Å². The Kier molecular flexibility index (Phi) is 3.50. The molecule has 1 rings (SSSR count). The molecule has 1 aliphatic rings. The van der Waals surface area contributed by atoms with E-state index in [0.29, 0.717) is 6.42 Å². The van der Waals surface area contributed by atoms with E-state index in [4.69, 9.17) is 5.11 Å². The fourth-order valence-corrected chi connectivity index (χ4v) is 2.11. The van der Waals surface area contributed by atoms with E-state index in [-0.39, 0.29) is 11.2 Å². The minimum atomic E-state index is -0.493. The average molecular weight is 208 g/mol. The highest BCUT2D eigenvalue weighted by molar-refractivity contribution is 6.00. The third kappa shape index (κ3) is 3.31. The van der Waals surface area contributed by atoms with Crippen molar-refractivity contribution in [3.63, 3.8) is 0 Å². The van der Waals surface area contributed by atoms with Crippen molar-refractivity contribution in [2.75, 3.05) is 0 Å². The van der Waals surface area contributed by atoms with E-state index in [9.17, 15) is 4.79 Å². The molecule has 0 aromatic carbocycles. The summed E-state index contributed by atoms with van der Waals surface area (Å²) in [6.07, 6.45) is 4.49. The number of Topliss-reactive ketones (excluding diaryl/α,β-unsaturated/α-hetero) is 1. The lowest BCUT2D eigenvalue weighted by Gasteiger charge is -2.30. The van der Waals surface area contributed by atoms with Gasteiger partial charge in [0.1, 0.15) is 0 Å². The van der Waals surface area contributed by atoms with Crippen molar-refractivity contribution in [3.05, 3.63) is 23.3 Å². The molecule has 15 heavy (non-hydrogen) atoms. The van der Waals surface area contributed by atoms with Gasteiger partial charge < -0.3 is 5.11 Å². The molecule has 2 nitrogen and oxygen atoms in total. The van der Waals surface area contributed by atoms with Crippen molar-refractivity contribution < 1.29 is 9.90 Å². The molecule has 1 aliphatic carbocycles. The Morgan fingerprint density at radius 3 is 2.47 bits per heavy atom. The number of hydrogen-bond donors (Lipinski definition) is 1. The summed E-state index contributed by atoms with van der Waals surface area (Å²) in [4.78, 5) is 11.8. The zero-order valence-electron chi connectivity index (χ0n) is 10.0. The first-order valence-electron chi connectivity index (χ1n) is 5.41. The maximum absolute atomic E-state index is 11.8. The van der Waals surface area contributed by atoms with Crippen molar-refractivity contribution in [3.8, 4) is 0 Å². The molecule has 0 aromatic rings. The molecule has 1 atom stereocenters. The van der Waals surface area contributed by atoms with E-state index < -0.39 is 6.10 Å². The predicted molar refractivity (Wildman–Crippen MR) is 61.5 cm³/mol. The van der Waals surface area contributed by atoms with E-state index in [1.165, 1.54) is 0 Å². The van der Waals surface area contributed by atoms with E-state index >= 15 is 0 Å². The third-order valence-corrected chi connectivity index (χ3v) is 2.68. The van der Waals surface area contributed by atoms with Gasteiger partial charge >= 0.3 is 0 Å². The molecule has 84 valence electrons. The SMILES string of the molecule is CC1=C(C=CC(C)O)C(=O)CC(C)(C)C1. The van der Waals surface area contributed by atoms with Crippen LogP contribution < -0.4 is 0 Å². The van der Waals surface area contributed by atoms with Crippen LogP contribution in [0.2, 0.25) is 0 Å². The highest BCUT2D eigenvalue weighted by Gasteiger charge is 2.29. The summed E-state index contributed by atoms with van der Waals surface area (Å²) >= 11 is 0. The largest absolute Gasteiger partial charge is 0.389 e. The molecule has 0 saturated carbocycles. The molecule has 0 spiro atoms. The van der Waals surface area contributed by atoms with E-state index in [1.54, 1.807) is 19.1 Å². The Morgan fingerprint density at radius 1 is 1.40 bits per heavy atom. The zero-order valence-corrected chi connectivity index (χ0v) is 10.0. The number of aliphatic hydroxyl groups is 1. The van der Waals surface area contributed by atoms with Crippen molar-refractivity contribution in [2.45, 2.75) is 46.6 Å². The fourth-order valence-electron chi connectivity index (χ4n) is 2.11. The molecule has 2 heteroatoms. The normalized spacial score (nSPS) is 23.7. The van der Waals surface area contributed by atoms with Gasteiger partial charge in [0.2, 0.25) is 0 Å². The Bertz CT molecular complexity index is 319. The molecule has 1 unspecified atom stereocenters. The van der Waals surface area contributed by atoms with Gasteiger partial charge in [-0.2, -0.15) is 0 Å². The zero-order chi connectivity index (χ0) is 11.6. The second kappa shape index (κ2) is 4.31. The maximum Gasteiger partial charge on any atom is 0.163 e. The fraction of sp³-hybridized carbons (Fsp3) is 0.615. The molecular formula is C13H20O2. The van der Waals surface area contributed by atoms with Crippen LogP contribution in [0.25, 0.3) is 0 Å². The van der Waals surface area contributed by atoms with Crippen LogP contribution in [0, 0.1) is 5.41 Å². The van der Waals surface area contributed by atoms with Gasteiger partial charge in [0.05, 0.1) is 6.10 Å². The second-order valence-corrected chi connectivity index (χ2v) is 5.23. The first kappa shape index (κ1) is 12.2. The van der Waals surface area contributed by atoms with Gasteiger partial charge in [0, 0.05) is 12.0 Å². The van der Waals surface area contributed by atoms with Crippen LogP contribution in [0.5, 0.6) is 0 Å². The monoisotopic (exact) mass is 208 g/mol. The van der Waals surface area contributed by atoms with E-state index in [2.05, 4.69) is 13.8 Å². The van der Waals surface area contributed by atoms with Gasteiger partial charge in [-0.05, 0) is 25.7 Å². The Morgan fingerprint density at radius 2 is 2.00 bits per heavy atom. The minimum Gasteiger partial charge on any atom is -0.389 e. The summed E-state index contributed by atoms with van der Waals surface area (Å²) in [5, 5.41) is 9.14. The van der Waals surface area contributed by atoms with Crippen LogP contribution in [0.1, 0.15) is 40.5 Å². The smallest absolute Gasteiger partial charge is 0.163 e. The van der Waals surface area contributed by atoms with Gasteiger partial charge in [-0.3, -0.25) is 4.79 Å². The molecule has 0 radical (unpaired) electrons. The molecule has 1 N–H and O–H groups in total. The number of carbonyl (C=O) groups excluding carboxylic acids is 1. The maximum atomic E-state index is 11.8. The number of allylic oxidation sites excluding steroid dienone is 3. The van der Waals surface area contributed by atoms with Gasteiger partial charge in [-0.15, -0.1) is 0 Å². The van der Waals surface area contributed by atoms with E-state index in [1.807, 2.05) is 6.92 Å². The summed E-state index contributed by atoms with van der Waals surface area (Å²) < 4.78 is 0. The number of carbonyl (C=O) groups is 1. The van der Waals surface area contributed by atoms with Crippen LogP contribution in [-0.4, -0.2) is 17.0 Å². The van der Waals surface area contributed by atoms with Crippen LogP contribution in [0.15, 0.2) is 23.3 Å². The quantitative estimate of drug-likeness (QED) is 0.757. The molecule has 0 aromatic heterocycles. The molecule has 0 fully saturated rings. The van der Waals surface area contributed by atoms with Crippen molar-refractivity contribution in [1.29, 1.82) is 0 Å². The topological polar surface area (TPSA) is 37.3 Å². The van der Waals surface area contributed by atoms with Crippen molar-refractivity contribution in [1.82, 2.24) is 0 Å². The van der Waals surface area contributed by atoms with Crippen LogP contribution in [0.4, 0.5) is 0 Å². The van der Waals surface area contributed by atoms with Crippen LogP contribution in [-0.2, 0) is 4.79 Å². The van der Waals surface area contributed by atoms with Gasteiger partial charge in [0.15, 0.2) is 5.78 Å². The molecule has 0 heterocycles. The first-order valence-corrected chi connectivity index (χ1v) is 5.41. The molecule has 0 amide bonds. The average Bonchev–Trinajstić information content (AvgIpc) is 1.98. The predicted octanol–water partition coefficient (Wildman–Crippen LogP) is 2.63. The summed E-state index contributed by atoms with van der Waals surface area (Å²) in [5.41, 5.74) is 2.01. The Hall–Kier alpha value is -0.890. The second-order valence-electron chi connectivity index (χ2n) is 5.23. The molecule has 0 bridgehead atoms. The summed E-state index contributed by atoms with van der Waals surface area (Å²) in [7, 11) is 0. The lowest BCUT2D eigenvalue weighted by Crippen LogP contribution is -2.24. The molecule has 0 saturated heterocycles. The standard InChI is InChI=1S/C13H20O2/c1-9-7-13(3,4)8-12(15)11(9)6-5-10(2)14/h5-6,10,14H,7-8H2,1-4H3. The van der Waals surface area contributed by atoms with E-state index in [0.717, 1.165) is 17.6 Å². The first-order chi connectivity index (χ1) is 6.82. The summed E-state index contributed by atoms with van der Waals surface area (Å²) in [6, 6.07) is 0.